The van der Waals surface area contributed by atoms with E-state index in [1.807, 2.05) is 19.0 Å². The summed E-state index contributed by atoms with van der Waals surface area (Å²) in [6.07, 6.45) is -0.894. The van der Waals surface area contributed by atoms with Crippen LogP contribution in [0.3, 0.4) is 0 Å². The summed E-state index contributed by atoms with van der Waals surface area (Å²) in [6, 6.07) is 0. The fraction of sp³-hybridized carbons (Fsp3) is 0.909. The second kappa shape index (κ2) is 7.60. The minimum atomic E-state index is -0.894. The molecule has 0 spiro atoms. The topological polar surface area (TPSA) is 61.8 Å². The van der Waals surface area contributed by atoms with Crippen molar-refractivity contribution in [2.75, 3.05) is 34.3 Å². The molecule has 0 fully saturated rings. The number of aliphatic hydroxyl groups is 1. The first-order valence-electron chi connectivity index (χ1n) is 5.53. The number of nitrogens with one attached hydrogen (secondary N) is 1. The first-order valence-corrected chi connectivity index (χ1v) is 5.53. The molecule has 0 bridgehead atoms. The zero-order chi connectivity index (χ0) is 12.7. The Morgan fingerprint density at radius 1 is 1.44 bits per heavy atom. The van der Waals surface area contributed by atoms with Crippen LogP contribution in [0, 0.1) is 11.8 Å². The van der Waals surface area contributed by atoms with E-state index in [-0.39, 0.29) is 17.7 Å². The Balaban J connectivity index is 3.98. The lowest BCUT2D eigenvalue weighted by Gasteiger charge is -2.23. The second-order valence-electron chi connectivity index (χ2n) is 4.37. The van der Waals surface area contributed by atoms with Crippen molar-refractivity contribution in [3.05, 3.63) is 0 Å². The van der Waals surface area contributed by atoms with Crippen molar-refractivity contribution in [3.8, 4) is 0 Å². The van der Waals surface area contributed by atoms with Gasteiger partial charge in [0.2, 0.25) is 5.91 Å². The van der Waals surface area contributed by atoms with E-state index < -0.39 is 6.29 Å². The van der Waals surface area contributed by atoms with Crippen LogP contribution in [0.15, 0.2) is 0 Å². The van der Waals surface area contributed by atoms with Gasteiger partial charge >= 0.3 is 0 Å². The van der Waals surface area contributed by atoms with E-state index in [1.165, 1.54) is 7.11 Å². The van der Waals surface area contributed by atoms with Crippen molar-refractivity contribution < 1.29 is 14.6 Å². The summed E-state index contributed by atoms with van der Waals surface area (Å²) in [4.78, 5) is 13.7. The number of aliphatic hydroxyl groups excluding tert-OH is 1. The predicted octanol–water partition coefficient (Wildman–Crippen LogP) is -0.0988. The molecule has 1 amide bonds. The van der Waals surface area contributed by atoms with Gasteiger partial charge in [0, 0.05) is 32.0 Å². The molecule has 0 saturated heterocycles. The lowest BCUT2D eigenvalue weighted by molar-refractivity contribution is -0.142. The smallest absolute Gasteiger partial charge is 0.223 e. The number of rotatable bonds is 7. The summed E-state index contributed by atoms with van der Waals surface area (Å²) >= 11 is 0. The highest BCUT2D eigenvalue weighted by Crippen LogP contribution is 2.15. The number of amides is 1. The minimum absolute atomic E-state index is 0.0505. The SMILES string of the molecule is COC(O)C(C)C(C)C(=O)NCCN(C)C. The lowest BCUT2D eigenvalue weighted by atomic mass is 9.94. The molecule has 0 aromatic carbocycles. The molecule has 0 radical (unpaired) electrons. The largest absolute Gasteiger partial charge is 0.368 e. The average Bonchev–Trinajstić information content (AvgIpc) is 2.25. The van der Waals surface area contributed by atoms with Crippen LogP contribution in [0.4, 0.5) is 0 Å². The standard InChI is InChI=1S/C11H24N2O3/c1-8(9(2)11(15)16-5)10(14)12-6-7-13(3)4/h8-9,11,15H,6-7H2,1-5H3,(H,12,14). The van der Waals surface area contributed by atoms with Gasteiger partial charge in [-0.1, -0.05) is 13.8 Å². The van der Waals surface area contributed by atoms with Crippen molar-refractivity contribution in [1.82, 2.24) is 10.2 Å². The maximum absolute atomic E-state index is 11.7. The van der Waals surface area contributed by atoms with E-state index in [9.17, 15) is 9.90 Å². The zero-order valence-electron chi connectivity index (χ0n) is 10.9. The number of ether oxygens (including phenoxy) is 1. The van der Waals surface area contributed by atoms with Gasteiger partial charge in [0.05, 0.1) is 0 Å². The molecular weight excluding hydrogens is 208 g/mol. The van der Waals surface area contributed by atoms with Crippen molar-refractivity contribution in [2.24, 2.45) is 11.8 Å². The normalized spacial score (nSPS) is 16.9. The Morgan fingerprint density at radius 3 is 2.44 bits per heavy atom. The fourth-order valence-electron chi connectivity index (χ4n) is 1.26. The van der Waals surface area contributed by atoms with E-state index in [2.05, 4.69) is 5.32 Å². The first kappa shape index (κ1) is 15.3. The van der Waals surface area contributed by atoms with Crippen LogP contribution >= 0.6 is 0 Å². The van der Waals surface area contributed by atoms with Gasteiger partial charge < -0.3 is 20.1 Å². The maximum Gasteiger partial charge on any atom is 0.223 e. The average molecular weight is 232 g/mol. The van der Waals surface area contributed by atoms with E-state index in [4.69, 9.17) is 4.74 Å². The van der Waals surface area contributed by atoms with Gasteiger partial charge in [0.25, 0.3) is 0 Å². The summed E-state index contributed by atoms with van der Waals surface area (Å²) < 4.78 is 4.79. The molecule has 0 heterocycles. The molecule has 3 atom stereocenters. The number of likely N-dealkylation sites (N-methyl/N-ethyl adjacent to an activating group) is 1. The van der Waals surface area contributed by atoms with Crippen LogP contribution in [0.5, 0.6) is 0 Å². The molecule has 0 aromatic rings. The van der Waals surface area contributed by atoms with Crippen LogP contribution < -0.4 is 5.32 Å². The predicted molar refractivity (Wildman–Crippen MR) is 62.9 cm³/mol. The fourth-order valence-corrected chi connectivity index (χ4v) is 1.26. The first-order chi connectivity index (χ1) is 7.40. The number of carbonyl (C=O) groups is 1. The summed E-state index contributed by atoms with van der Waals surface area (Å²) in [5.74, 6) is -0.535. The number of methoxy groups -OCH3 is 1. The van der Waals surface area contributed by atoms with Gasteiger partial charge in [-0.15, -0.1) is 0 Å². The third-order valence-corrected chi connectivity index (χ3v) is 2.75. The summed E-state index contributed by atoms with van der Waals surface area (Å²) in [6.45, 7) is 5.01. The molecular formula is C11H24N2O3. The Kier molecular flexibility index (Phi) is 7.29. The molecule has 0 aliphatic carbocycles. The molecule has 0 aromatic heterocycles. The lowest BCUT2D eigenvalue weighted by Crippen LogP contribution is -2.39. The van der Waals surface area contributed by atoms with E-state index in [0.717, 1.165) is 6.54 Å². The zero-order valence-corrected chi connectivity index (χ0v) is 10.9. The van der Waals surface area contributed by atoms with Gasteiger partial charge in [0.1, 0.15) is 0 Å². The molecule has 96 valence electrons. The van der Waals surface area contributed by atoms with Crippen LogP contribution in [0.25, 0.3) is 0 Å². The number of hydrogen-bond donors (Lipinski definition) is 2. The van der Waals surface area contributed by atoms with Gasteiger partial charge in [-0.3, -0.25) is 4.79 Å². The van der Waals surface area contributed by atoms with E-state index in [1.54, 1.807) is 13.8 Å². The second-order valence-corrected chi connectivity index (χ2v) is 4.37. The van der Waals surface area contributed by atoms with Crippen LogP contribution in [-0.2, 0) is 9.53 Å². The van der Waals surface area contributed by atoms with Crippen molar-refractivity contribution >= 4 is 5.91 Å². The highest BCUT2D eigenvalue weighted by atomic mass is 16.6. The third-order valence-electron chi connectivity index (χ3n) is 2.75. The maximum atomic E-state index is 11.7. The summed E-state index contributed by atoms with van der Waals surface area (Å²) in [5, 5.41) is 12.3. The molecule has 0 aliphatic heterocycles. The molecule has 0 saturated carbocycles. The Morgan fingerprint density at radius 2 is 2.00 bits per heavy atom. The molecule has 3 unspecified atom stereocenters. The third kappa shape index (κ3) is 5.44. The molecule has 5 nitrogen and oxygen atoms in total. The van der Waals surface area contributed by atoms with Gasteiger partial charge in [0.15, 0.2) is 6.29 Å². The van der Waals surface area contributed by atoms with Crippen molar-refractivity contribution in [2.45, 2.75) is 20.1 Å². The van der Waals surface area contributed by atoms with Crippen molar-refractivity contribution in [3.63, 3.8) is 0 Å². The highest BCUT2D eigenvalue weighted by Gasteiger charge is 2.25. The minimum Gasteiger partial charge on any atom is -0.368 e. The van der Waals surface area contributed by atoms with Crippen LogP contribution in [0.2, 0.25) is 0 Å². The number of nitrogens with zero attached hydrogens (tertiary/aromatic N) is 1. The molecule has 5 heteroatoms. The molecule has 2 N–H and O–H groups in total. The van der Waals surface area contributed by atoms with Crippen LogP contribution in [0.1, 0.15) is 13.8 Å². The van der Waals surface area contributed by atoms with E-state index >= 15 is 0 Å². The number of hydrogen-bond acceptors (Lipinski definition) is 4. The Labute approximate surface area is 97.8 Å². The molecule has 0 aliphatic rings. The van der Waals surface area contributed by atoms with Gasteiger partial charge in [-0.2, -0.15) is 0 Å². The van der Waals surface area contributed by atoms with Gasteiger partial charge in [-0.25, -0.2) is 0 Å². The summed E-state index contributed by atoms with van der Waals surface area (Å²) in [5.41, 5.74) is 0. The molecule has 0 rings (SSSR count). The summed E-state index contributed by atoms with van der Waals surface area (Å²) in [7, 11) is 5.33. The number of carbonyl (C=O) groups excluding carboxylic acids is 1. The molecule has 16 heavy (non-hydrogen) atoms. The van der Waals surface area contributed by atoms with Crippen molar-refractivity contribution in [1.29, 1.82) is 0 Å². The quantitative estimate of drug-likeness (QED) is 0.602. The Hall–Kier alpha value is -0.650. The Bertz CT molecular complexity index is 209. The highest BCUT2D eigenvalue weighted by molar-refractivity contribution is 5.78. The van der Waals surface area contributed by atoms with Gasteiger partial charge in [-0.05, 0) is 14.1 Å². The monoisotopic (exact) mass is 232 g/mol. The van der Waals surface area contributed by atoms with E-state index in [0.29, 0.717) is 6.54 Å². The van der Waals surface area contributed by atoms with Crippen LogP contribution in [-0.4, -0.2) is 56.5 Å².